The van der Waals surface area contributed by atoms with Crippen LogP contribution in [0.4, 0.5) is 0 Å². The van der Waals surface area contributed by atoms with E-state index in [1.54, 1.807) is 0 Å². The van der Waals surface area contributed by atoms with E-state index < -0.39 is 0 Å². The molecule has 94 valence electrons. The monoisotopic (exact) mass is 258 g/mol. The Kier molecular flexibility index (Phi) is 4.00. The van der Waals surface area contributed by atoms with E-state index >= 15 is 0 Å². The molecule has 2 atom stereocenters. The van der Waals surface area contributed by atoms with Crippen LogP contribution >= 0.6 is 11.3 Å². The van der Waals surface area contributed by atoms with Crippen LogP contribution in [0.15, 0.2) is 24.3 Å². The third kappa shape index (κ3) is 2.55. The van der Waals surface area contributed by atoms with Gasteiger partial charge in [-0.3, -0.25) is 0 Å². The average Bonchev–Trinajstić information content (AvgIpc) is 2.73. The largest absolute Gasteiger partial charge is 0.308 e. The van der Waals surface area contributed by atoms with Crippen molar-refractivity contribution in [3.8, 4) is 6.07 Å². The molecule has 1 N–H and O–H groups in total. The number of nitriles is 1. The molecule has 18 heavy (non-hydrogen) atoms. The molecule has 0 bridgehead atoms. The van der Waals surface area contributed by atoms with Gasteiger partial charge < -0.3 is 5.32 Å². The molecule has 0 aliphatic carbocycles. The summed E-state index contributed by atoms with van der Waals surface area (Å²) in [6.07, 6.45) is 0. The average molecular weight is 258 g/mol. The maximum absolute atomic E-state index is 8.80. The number of benzene rings is 1. The summed E-state index contributed by atoms with van der Waals surface area (Å²) in [7, 11) is 0. The smallest absolute Gasteiger partial charge is 0.0666 e. The zero-order valence-electron chi connectivity index (χ0n) is 11.0. The minimum absolute atomic E-state index is 0.0575. The van der Waals surface area contributed by atoms with Crippen LogP contribution in [-0.4, -0.2) is 6.54 Å². The van der Waals surface area contributed by atoms with E-state index in [0.29, 0.717) is 6.04 Å². The summed E-state index contributed by atoms with van der Waals surface area (Å²) < 4.78 is 1.34. The van der Waals surface area contributed by atoms with Crippen molar-refractivity contribution in [3.05, 3.63) is 34.7 Å². The van der Waals surface area contributed by atoms with Crippen molar-refractivity contribution in [1.82, 2.24) is 5.32 Å². The summed E-state index contributed by atoms with van der Waals surface area (Å²) in [6.45, 7) is 7.03. The number of hydrogen-bond acceptors (Lipinski definition) is 3. The van der Waals surface area contributed by atoms with Gasteiger partial charge in [0, 0.05) is 22.2 Å². The quantitative estimate of drug-likeness (QED) is 0.899. The third-order valence-electron chi connectivity index (χ3n) is 3.22. The molecule has 0 aliphatic rings. The van der Waals surface area contributed by atoms with Crippen molar-refractivity contribution < 1.29 is 0 Å². The second kappa shape index (κ2) is 5.51. The SMILES string of the molecule is Cc1c(C(C)NCC(C)C#N)sc2ccccc12. The first-order valence-corrected chi connectivity index (χ1v) is 7.06. The van der Waals surface area contributed by atoms with E-state index in [4.69, 9.17) is 5.26 Å². The second-order valence-corrected chi connectivity index (χ2v) is 5.83. The number of nitrogens with one attached hydrogen (secondary N) is 1. The van der Waals surface area contributed by atoms with Crippen LogP contribution in [0.3, 0.4) is 0 Å². The Bertz CT molecular complexity index is 580. The number of fused-ring (bicyclic) bond motifs is 1. The molecule has 1 heterocycles. The fourth-order valence-electron chi connectivity index (χ4n) is 2.10. The van der Waals surface area contributed by atoms with Crippen molar-refractivity contribution >= 4 is 21.4 Å². The van der Waals surface area contributed by atoms with Gasteiger partial charge in [-0.05, 0) is 37.8 Å². The Hall–Kier alpha value is -1.37. The van der Waals surface area contributed by atoms with Crippen LogP contribution in [0.2, 0.25) is 0 Å². The maximum Gasteiger partial charge on any atom is 0.0666 e. The van der Waals surface area contributed by atoms with Crippen molar-refractivity contribution in [2.45, 2.75) is 26.8 Å². The lowest BCUT2D eigenvalue weighted by atomic mass is 10.1. The summed E-state index contributed by atoms with van der Waals surface area (Å²) in [6, 6.07) is 11.1. The van der Waals surface area contributed by atoms with Gasteiger partial charge in [-0.2, -0.15) is 5.26 Å². The highest BCUT2D eigenvalue weighted by Gasteiger charge is 2.14. The van der Waals surface area contributed by atoms with E-state index in [0.717, 1.165) is 6.54 Å². The van der Waals surface area contributed by atoms with Crippen molar-refractivity contribution in [1.29, 1.82) is 5.26 Å². The van der Waals surface area contributed by atoms with Crippen LogP contribution in [-0.2, 0) is 0 Å². The summed E-state index contributed by atoms with van der Waals surface area (Å²) in [5.41, 5.74) is 1.36. The van der Waals surface area contributed by atoms with Gasteiger partial charge in [0.15, 0.2) is 0 Å². The third-order valence-corrected chi connectivity index (χ3v) is 4.68. The lowest BCUT2D eigenvalue weighted by Crippen LogP contribution is -2.23. The number of rotatable bonds is 4. The molecule has 0 aliphatic heterocycles. The van der Waals surface area contributed by atoms with Gasteiger partial charge >= 0.3 is 0 Å². The number of aryl methyl sites for hydroxylation is 1. The van der Waals surface area contributed by atoms with Crippen LogP contribution in [0.25, 0.3) is 10.1 Å². The Morgan fingerprint density at radius 2 is 2.06 bits per heavy atom. The molecular weight excluding hydrogens is 240 g/mol. The number of thiophene rings is 1. The lowest BCUT2D eigenvalue weighted by Gasteiger charge is -2.14. The molecule has 0 radical (unpaired) electrons. The molecular formula is C15H18N2S. The number of hydrogen-bond donors (Lipinski definition) is 1. The van der Waals surface area contributed by atoms with E-state index in [2.05, 4.69) is 49.5 Å². The minimum atomic E-state index is 0.0575. The highest BCUT2D eigenvalue weighted by molar-refractivity contribution is 7.19. The van der Waals surface area contributed by atoms with Crippen molar-refractivity contribution in [2.75, 3.05) is 6.54 Å². The fourth-order valence-corrected chi connectivity index (χ4v) is 3.34. The highest BCUT2D eigenvalue weighted by atomic mass is 32.1. The Labute approximate surface area is 112 Å². The first-order valence-electron chi connectivity index (χ1n) is 6.24. The molecule has 0 saturated carbocycles. The van der Waals surface area contributed by atoms with Gasteiger partial charge in [-0.25, -0.2) is 0 Å². The zero-order valence-corrected chi connectivity index (χ0v) is 11.8. The second-order valence-electron chi connectivity index (χ2n) is 4.75. The van der Waals surface area contributed by atoms with Gasteiger partial charge in [0.05, 0.1) is 12.0 Å². The summed E-state index contributed by atoms with van der Waals surface area (Å²) in [5, 5.41) is 13.6. The molecule has 1 aromatic carbocycles. The van der Waals surface area contributed by atoms with E-state index in [1.165, 1.54) is 20.5 Å². The summed E-state index contributed by atoms with van der Waals surface area (Å²) in [4.78, 5) is 1.38. The predicted molar refractivity (Wildman–Crippen MR) is 77.8 cm³/mol. The normalized spacial score (nSPS) is 14.3. The molecule has 0 spiro atoms. The first kappa shape index (κ1) is 13.1. The minimum Gasteiger partial charge on any atom is -0.308 e. The van der Waals surface area contributed by atoms with Crippen LogP contribution in [0, 0.1) is 24.2 Å². The highest BCUT2D eigenvalue weighted by Crippen LogP contribution is 2.34. The van der Waals surface area contributed by atoms with E-state index in [-0.39, 0.29) is 5.92 Å². The van der Waals surface area contributed by atoms with Gasteiger partial charge in [-0.15, -0.1) is 11.3 Å². The van der Waals surface area contributed by atoms with Crippen LogP contribution in [0.1, 0.15) is 30.3 Å². The molecule has 2 unspecified atom stereocenters. The van der Waals surface area contributed by atoms with Gasteiger partial charge in [-0.1, -0.05) is 18.2 Å². The zero-order chi connectivity index (χ0) is 13.1. The molecule has 2 aromatic rings. The molecule has 3 heteroatoms. The standard InChI is InChI=1S/C15H18N2S/c1-10(8-16)9-17-12(3)15-11(2)13-6-4-5-7-14(13)18-15/h4-7,10,12,17H,9H2,1-3H3. The Morgan fingerprint density at radius 1 is 1.33 bits per heavy atom. The summed E-state index contributed by atoms with van der Waals surface area (Å²) >= 11 is 1.85. The Morgan fingerprint density at radius 3 is 2.72 bits per heavy atom. The maximum atomic E-state index is 8.80. The molecule has 2 nitrogen and oxygen atoms in total. The molecule has 0 amide bonds. The van der Waals surface area contributed by atoms with Crippen molar-refractivity contribution in [2.24, 2.45) is 5.92 Å². The van der Waals surface area contributed by atoms with Crippen LogP contribution in [0.5, 0.6) is 0 Å². The molecule has 0 saturated heterocycles. The number of nitrogens with zero attached hydrogens (tertiary/aromatic N) is 1. The van der Waals surface area contributed by atoms with Crippen LogP contribution < -0.4 is 5.32 Å². The van der Waals surface area contributed by atoms with Gasteiger partial charge in [0.2, 0.25) is 0 Å². The molecule has 1 aromatic heterocycles. The summed E-state index contributed by atoms with van der Waals surface area (Å²) in [5.74, 6) is 0.0575. The fraction of sp³-hybridized carbons (Fsp3) is 0.400. The predicted octanol–water partition coefficient (Wildman–Crippen LogP) is 4.02. The molecule has 2 rings (SSSR count). The van der Waals surface area contributed by atoms with E-state index in [9.17, 15) is 0 Å². The lowest BCUT2D eigenvalue weighted by molar-refractivity contribution is 0.532. The van der Waals surface area contributed by atoms with Crippen molar-refractivity contribution in [3.63, 3.8) is 0 Å². The Balaban J connectivity index is 2.20. The molecule has 0 fully saturated rings. The van der Waals surface area contributed by atoms with Gasteiger partial charge in [0.1, 0.15) is 0 Å². The van der Waals surface area contributed by atoms with Gasteiger partial charge in [0.25, 0.3) is 0 Å². The first-order chi connectivity index (χ1) is 8.63. The van der Waals surface area contributed by atoms with E-state index in [1.807, 2.05) is 18.3 Å². The topological polar surface area (TPSA) is 35.8 Å².